The van der Waals surface area contributed by atoms with Crippen LogP contribution in [0, 0.1) is 6.92 Å². The van der Waals surface area contributed by atoms with Crippen molar-refractivity contribution in [3.63, 3.8) is 0 Å². The number of aromatic nitrogens is 2. The van der Waals surface area contributed by atoms with E-state index >= 15 is 0 Å². The van der Waals surface area contributed by atoms with Crippen molar-refractivity contribution < 1.29 is 9.90 Å². The molecule has 0 unspecified atom stereocenters. The Morgan fingerprint density at radius 3 is 2.71 bits per heavy atom. The SMILES string of the molecule is Cc1cc(C(=O)NC(C)(C)CO)nn1-c1ccccc1Cl. The Kier molecular flexibility index (Phi) is 4.34. The van der Waals surface area contributed by atoms with E-state index in [4.69, 9.17) is 11.6 Å². The Morgan fingerprint density at radius 1 is 1.43 bits per heavy atom. The second kappa shape index (κ2) is 5.87. The van der Waals surface area contributed by atoms with Crippen LogP contribution in [0.3, 0.4) is 0 Å². The van der Waals surface area contributed by atoms with Gasteiger partial charge in [-0.3, -0.25) is 4.79 Å². The van der Waals surface area contributed by atoms with Crippen LogP contribution in [0.4, 0.5) is 0 Å². The topological polar surface area (TPSA) is 67.2 Å². The summed E-state index contributed by atoms with van der Waals surface area (Å²) >= 11 is 6.15. The van der Waals surface area contributed by atoms with Crippen molar-refractivity contribution >= 4 is 17.5 Å². The number of para-hydroxylation sites is 1. The minimum Gasteiger partial charge on any atom is -0.394 e. The summed E-state index contributed by atoms with van der Waals surface area (Å²) in [5, 5.41) is 16.8. The van der Waals surface area contributed by atoms with Crippen LogP contribution in [-0.4, -0.2) is 32.9 Å². The van der Waals surface area contributed by atoms with Gasteiger partial charge in [0.15, 0.2) is 5.69 Å². The molecule has 0 aliphatic heterocycles. The lowest BCUT2D eigenvalue weighted by Crippen LogP contribution is -2.46. The summed E-state index contributed by atoms with van der Waals surface area (Å²) < 4.78 is 1.63. The largest absolute Gasteiger partial charge is 0.394 e. The number of nitrogens with one attached hydrogen (secondary N) is 1. The first-order chi connectivity index (χ1) is 9.84. The highest BCUT2D eigenvalue weighted by Gasteiger charge is 2.22. The van der Waals surface area contributed by atoms with Crippen LogP contribution in [0.15, 0.2) is 30.3 Å². The molecule has 6 heteroatoms. The van der Waals surface area contributed by atoms with E-state index < -0.39 is 5.54 Å². The van der Waals surface area contributed by atoms with Crippen molar-refractivity contribution in [2.75, 3.05) is 6.61 Å². The van der Waals surface area contributed by atoms with Crippen molar-refractivity contribution in [1.82, 2.24) is 15.1 Å². The number of amides is 1. The summed E-state index contributed by atoms with van der Waals surface area (Å²) in [7, 11) is 0. The Hall–Kier alpha value is -1.85. The van der Waals surface area contributed by atoms with Gasteiger partial charge in [0.1, 0.15) is 0 Å². The number of rotatable bonds is 4. The molecule has 0 aliphatic carbocycles. The molecule has 5 nitrogen and oxygen atoms in total. The van der Waals surface area contributed by atoms with Crippen molar-refractivity contribution in [3.05, 3.63) is 46.7 Å². The van der Waals surface area contributed by atoms with E-state index in [1.165, 1.54) is 0 Å². The number of aryl methyl sites for hydroxylation is 1. The van der Waals surface area contributed by atoms with Gasteiger partial charge in [-0.2, -0.15) is 5.10 Å². The molecular formula is C15H18ClN3O2. The van der Waals surface area contributed by atoms with Crippen LogP contribution in [0.2, 0.25) is 5.02 Å². The van der Waals surface area contributed by atoms with Crippen molar-refractivity contribution in [2.24, 2.45) is 0 Å². The van der Waals surface area contributed by atoms with E-state index in [1.54, 1.807) is 30.7 Å². The van der Waals surface area contributed by atoms with Gasteiger partial charge in [-0.05, 0) is 39.0 Å². The molecule has 0 fully saturated rings. The zero-order chi connectivity index (χ0) is 15.6. The van der Waals surface area contributed by atoms with Gasteiger partial charge in [-0.1, -0.05) is 23.7 Å². The molecule has 0 saturated heterocycles. The third-order valence-corrected chi connectivity index (χ3v) is 3.37. The average molecular weight is 308 g/mol. The molecule has 0 radical (unpaired) electrons. The van der Waals surface area contributed by atoms with Gasteiger partial charge >= 0.3 is 0 Å². The lowest BCUT2D eigenvalue weighted by Gasteiger charge is -2.22. The number of halogens is 1. The van der Waals surface area contributed by atoms with E-state index in [-0.39, 0.29) is 18.2 Å². The first kappa shape index (κ1) is 15.5. The fourth-order valence-electron chi connectivity index (χ4n) is 1.86. The Morgan fingerprint density at radius 2 is 2.10 bits per heavy atom. The summed E-state index contributed by atoms with van der Waals surface area (Å²) in [6.07, 6.45) is 0. The molecule has 1 amide bonds. The average Bonchev–Trinajstić information content (AvgIpc) is 2.81. The molecule has 0 saturated carbocycles. The normalized spacial score (nSPS) is 11.5. The summed E-state index contributed by atoms with van der Waals surface area (Å²) in [5.41, 5.74) is 1.11. The quantitative estimate of drug-likeness (QED) is 0.911. The number of nitrogens with zero attached hydrogens (tertiary/aromatic N) is 2. The Labute approximate surface area is 128 Å². The van der Waals surface area contributed by atoms with Crippen molar-refractivity contribution in [1.29, 1.82) is 0 Å². The molecular weight excluding hydrogens is 290 g/mol. The monoisotopic (exact) mass is 307 g/mol. The van der Waals surface area contributed by atoms with Gasteiger partial charge in [0.2, 0.25) is 0 Å². The first-order valence-electron chi connectivity index (χ1n) is 6.59. The second-order valence-electron chi connectivity index (χ2n) is 5.53. The summed E-state index contributed by atoms with van der Waals surface area (Å²) in [6.45, 7) is 5.18. The smallest absolute Gasteiger partial charge is 0.272 e. The highest BCUT2D eigenvalue weighted by molar-refractivity contribution is 6.32. The molecule has 112 valence electrons. The van der Waals surface area contributed by atoms with E-state index in [1.807, 2.05) is 25.1 Å². The van der Waals surface area contributed by atoms with Crippen LogP contribution in [0.5, 0.6) is 0 Å². The summed E-state index contributed by atoms with van der Waals surface area (Å²) in [5.74, 6) is -0.331. The number of hydrogen-bond donors (Lipinski definition) is 2. The van der Waals surface area contributed by atoms with Gasteiger partial charge in [-0.15, -0.1) is 0 Å². The minimum absolute atomic E-state index is 0.150. The molecule has 0 spiro atoms. The van der Waals surface area contributed by atoms with Crippen LogP contribution in [-0.2, 0) is 0 Å². The molecule has 0 aliphatic rings. The third kappa shape index (κ3) is 3.43. The maximum atomic E-state index is 12.2. The number of aliphatic hydroxyl groups is 1. The summed E-state index contributed by atoms with van der Waals surface area (Å²) in [4.78, 5) is 12.2. The molecule has 1 aromatic heterocycles. The molecule has 1 heterocycles. The van der Waals surface area contributed by atoms with Gasteiger partial charge in [-0.25, -0.2) is 4.68 Å². The van der Waals surface area contributed by atoms with Crippen molar-refractivity contribution in [2.45, 2.75) is 26.3 Å². The minimum atomic E-state index is -0.695. The summed E-state index contributed by atoms with van der Waals surface area (Å²) in [6, 6.07) is 8.99. The molecule has 0 atom stereocenters. The highest BCUT2D eigenvalue weighted by Crippen LogP contribution is 2.21. The van der Waals surface area contributed by atoms with Crippen LogP contribution < -0.4 is 5.32 Å². The molecule has 2 aromatic rings. The van der Waals surface area contributed by atoms with Crippen LogP contribution in [0.1, 0.15) is 30.0 Å². The first-order valence-corrected chi connectivity index (χ1v) is 6.97. The third-order valence-electron chi connectivity index (χ3n) is 3.05. The van der Waals surface area contributed by atoms with Gasteiger partial charge < -0.3 is 10.4 Å². The van der Waals surface area contributed by atoms with Gasteiger partial charge in [0, 0.05) is 5.69 Å². The maximum absolute atomic E-state index is 12.2. The maximum Gasteiger partial charge on any atom is 0.272 e. The highest BCUT2D eigenvalue weighted by atomic mass is 35.5. The fraction of sp³-hybridized carbons (Fsp3) is 0.333. The zero-order valence-corrected chi connectivity index (χ0v) is 13.0. The predicted molar refractivity (Wildman–Crippen MR) is 81.9 cm³/mol. The van der Waals surface area contributed by atoms with Gasteiger partial charge in [0.05, 0.1) is 22.9 Å². The van der Waals surface area contributed by atoms with E-state index in [0.29, 0.717) is 5.02 Å². The fourth-order valence-corrected chi connectivity index (χ4v) is 2.08. The number of benzene rings is 1. The van der Waals surface area contributed by atoms with E-state index in [0.717, 1.165) is 11.4 Å². The predicted octanol–water partition coefficient (Wildman–Crippen LogP) is 2.33. The molecule has 2 N–H and O–H groups in total. The molecule has 1 aromatic carbocycles. The Balaban J connectivity index is 2.32. The van der Waals surface area contributed by atoms with E-state index in [2.05, 4.69) is 10.4 Å². The molecule has 21 heavy (non-hydrogen) atoms. The number of carbonyl (C=O) groups is 1. The molecule has 0 bridgehead atoms. The Bertz CT molecular complexity index is 665. The lowest BCUT2D eigenvalue weighted by molar-refractivity contribution is 0.0864. The number of hydrogen-bond acceptors (Lipinski definition) is 3. The van der Waals surface area contributed by atoms with Crippen LogP contribution in [0.25, 0.3) is 5.69 Å². The standard InChI is InChI=1S/C15H18ClN3O2/c1-10-8-12(14(21)17-15(2,3)9-20)18-19(10)13-7-5-4-6-11(13)16/h4-8,20H,9H2,1-3H3,(H,17,21). The number of carbonyl (C=O) groups excluding carboxylic acids is 1. The van der Waals surface area contributed by atoms with Crippen molar-refractivity contribution in [3.8, 4) is 5.69 Å². The second-order valence-corrected chi connectivity index (χ2v) is 5.94. The number of aliphatic hydroxyl groups excluding tert-OH is 1. The lowest BCUT2D eigenvalue weighted by atomic mass is 10.1. The van der Waals surface area contributed by atoms with Gasteiger partial charge in [0.25, 0.3) is 5.91 Å². The molecule has 2 rings (SSSR count). The van der Waals surface area contributed by atoms with E-state index in [9.17, 15) is 9.90 Å². The zero-order valence-electron chi connectivity index (χ0n) is 12.2. The van der Waals surface area contributed by atoms with Crippen LogP contribution >= 0.6 is 11.6 Å².